The largest absolute Gasteiger partial charge is 0.497 e. The van der Waals surface area contributed by atoms with Crippen molar-refractivity contribution in [3.63, 3.8) is 0 Å². The van der Waals surface area contributed by atoms with Gasteiger partial charge in [-0.1, -0.05) is 32.0 Å². The van der Waals surface area contributed by atoms with E-state index >= 15 is 0 Å². The second-order valence-electron chi connectivity index (χ2n) is 6.44. The number of nitrogens with one attached hydrogen (secondary N) is 1. The maximum absolute atomic E-state index is 12.9. The molecule has 1 heterocycles. The number of anilines is 1. The predicted octanol–water partition coefficient (Wildman–Crippen LogP) is 4.82. The van der Waals surface area contributed by atoms with E-state index in [1.54, 1.807) is 38.5 Å². The van der Waals surface area contributed by atoms with Crippen molar-refractivity contribution in [2.45, 2.75) is 49.8 Å². The number of ether oxygens (including phenoxy) is 2. The highest BCUT2D eigenvalue weighted by atomic mass is 32.2. The van der Waals surface area contributed by atoms with Gasteiger partial charge < -0.3 is 14.8 Å². The molecule has 0 aliphatic carbocycles. The lowest BCUT2D eigenvalue weighted by molar-refractivity contribution is -0.115. The van der Waals surface area contributed by atoms with Crippen molar-refractivity contribution in [3.05, 3.63) is 41.6 Å². The number of nitrogens with zero attached hydrogens (tertiary/aromatic N) is 2. The molecular formula is C22H27N3O3S. The van der Waals surface area contributed by atoms with Crippen LogP contribution in [0.4, 0.5) is 5.69 Å². The maximum Gasteiger partial charge on any atom is 0.238 e. The van der Waals surface area contributed by atoms with Crippen LogP contribution in [0.5, 0.6) is 11.5 Å². The molecule has 0 spiro atoms. The van der Waals surface area contributed by atoms with Gasteiger partial charge in [-0.25, -0.2) is 4.98 Å². The normalized spacial score (nSPS) is 11.4. The first-order valence-electron chi connectivity index (χ1n) is 9.65. The summed E-state index contributed by atoms with van der Waals surface area (Å²) < 4.78 is 10.6. The zero-order valence-electron chi connectivity index (χ0n) is 17.3. The number of carbonyl (C=O) groups excluding carboxylic acids is 1. The third-order valence-corrected chi connectivity index (χ3v) is 5.77. The molecule has 0 saturated heterocycles. The summed E-state index contributed by atoms with van der Waals surface area (Å²) >= 11 is 1.32. The second-order valence-corrected chi connectivity index (χ2v) is 7.63. The molecular weight excluding hydrogens is 386 g/mol. The number of hydrogen-bond acceptors (Lipinski definition) is 6. The first-order chi connectivity index (χ1) is 14.1. The summed E-state index contributed by atoms with van der Waals surface area (Å²) in [4.78, 5) is 17.6. The monoisotopic (exact) mass is 413 g/mol. The Morgan fingerprint density at radius 1 is 1.24 bits per heavy atom. The second kappa shape index (κ2) is 11.3. The number of hydrogen-bond donors (Lipinski definition) is 1. The van der Waals surface area contributed by atoms with Crippen LogP contribution in [0.25, 0.3) is 0 Å². The summed E-state index contributed by atoms with van der Waals surface area (Å²) in [5, 5.41) is 12.6. The van der Waals surface area contributed by atoms with E-state index < -0.39 is 5.25 Å². The lowest BCUT2D eigenvalue weighted by Crippen LogP contribution is -2.25. The number of rotatable bonds is 10. The van der Waals surface area contributed by atoms with E-state index in [4.69, 9.17) is 9.47 Å². The van der Waals surface area contributed by atoms with Gasteiger partial charge in [0.05, 0.1) is 30.7 Å². The SMILES string of the molecule is CCCCc1ccc(C#N)c(SC(CC)C(=O)Nc2cc(OC)ccc2OC)n1. The molecule has 154 valence electrons. The average Bonchev–Trinajstić information content (AvgIpc) is 2.75. The fraction of sp³-hybridized carbons (Fsp3) is 0.409. The van der Waals surface area contributed by atoms with Crippen LogP contribution < -0.4 is 14.8 Å². The molecule has 0 bridgehead atoms. The lowest BCUT2D eigenvalue weighted by atomic mass is 10.2. The van der Waals surface area contributed by atoms with Crippen molar-refractivity contribution in [1.29, 1.82) is 5.26 Å². The van der Waals surface area contributed by atoms with E-state index in [2.05, 4.69) is 23.3 Å². The van der Waals surface area contributed by atoms with Gasteiger partial charge in [0.1, 0.15) is 22.6 Å². The number of amides is 1. The number of pyridine rings is 1. The van der Waals surface area contributed by atoms with Gasteiger partial charge in [0.25, 0.3) is 0 Å². The number of carbonyl (C=O) groups is 1. The molecule has 2 aromatic rings. The Labute approximate surface area is 176 Å². The standard InChI is InChI=1S/C22H27N3O3S/c1-5-7-8-16-10-9-15(14-23)22(24-16)29-20(6-2)21(26)25-18-13-17(27-3)11-12-19(18)28-4/h9-13,20H,5-8H2,1-4H3,(H,25,26). The molecule has 1 aromatic heterocycles. The van der Waals surface area contributed by atoms with Crippen LogP contribution in [0.1, 0.15) is 44.4 Å². The van der Waals surface area contributed by atoms with Gasteiger partial charge in [-0.05, 0) is 43.5 Å². The Bertz CT molecular complexity index is 880. The maximum atomic E-state index is 12.9. The molecule has 6 nitrogen and oxygen atoms in total. The smallest absolute Gasteiger partial charge is 0.238 e. The Morgan fingerprint density at radius 2 is 2.03 bits per heavy atom. The van der Waals surface area contributed by atoms with Gasteiger partial charge in [-0.2, -0.15) is 5.26 Å². The van der Waals surface area contributed by atoms with E-state index in [1.807, 2.05) is 13.0 Å². The van der Waals surface area contributed by atoms with Gasteiger partial charge in [-0.3, -0.25) is 4.79 Å². The van der Waals surface area contributed by atoms with Gasteiger partial charge in [0.2, 0.25) is 5.91 Å². The van der Waals surface area contributed by atoms with Crippen LogP contribution >= 0.6 is 11.8 Å². The van der Waals surface area contributed by atoms with E-state index in [0.29, 0.717) is 34.2 Å². The number of benzene rings is 1. The zero-order valence-corrected chi connectivity index (χ0v) is 18.1. The van der Waals surface area contributed by atoms with E-state index in [-0.39, 0.29) is 5.91 Å². The van der Waals surface area contributed by atoms with Crippen LogP contribution in [-0.2, 0) is 11.2 Å². The zero-order chi connectivity index (χ0) is 21.2. The van der Waals surface area contributed by atoms with E-state index in [9.17, 15) is 10.1 Å². The fourth-order valence-electron chi connectivity index (χ4n) is 2.73. The minimum absolute atomic E-state index is 0.172. The molecule has 0 aliphatic rings. The number of nitriles is 1. The van der Waals surface area contributed by atoms with Crippen molar-refractivity contribution in [3.8, 4) is 17.6 Å². The van der Waals surface area contributed by atoms with Crippen LogP contribution in [0.3, 0.4) is 0 Å². The summed E-state index contributed by atoms with van der Waals surface area (Å²) in [7, 11) is 3.12. The van der Waals surface area contributed by atoms with E-state index in [1.165, 1.54) is 11.8 Å². The van der Waals surface area contributed by atoms with Crippen molar-refractivity contribution >= 4 is 23.4 Å². The van der Waals surface area contributed by atoms with Crippen LogP contribution in [0.15, 0.2) is 35.4 Å². The summed E-state index contributed by atoms with van der Waals surface area (Å²) in [5.74, 6) is 1.00. The molecule has 1 unspecified atom stereocenters. The molecule has 0 radical (unpaired) electrons. The molecule has 0 aliphatic heterocycles. The number of aryl methyl sites for hydroxylation is 1. The van der Waals surface area contributed by atoms with Crippen LogP contribution in [0.2, 0.25) is 0 Å². The highest BCUT2D eigenvalue weighted by Gasteiger charge is 2.22. The van der Waals surface area contributed by atoms with Gasteiger partial charge >= 0.3 is 0 Å². The van der Waals surface area contributed by atoms with Gasteiger partial charge in [0.15, 0.2) is 0 Å². The number of methoxy groups -OCH3 is 2. The minimum Gasteiger partial charge on any atom is -0.497 e. The molecule has 1 aromatic carbocycles. The summed E-state index contributed by atoms with van der Waals surface area (Å²) in [5.41, 5.74) is 1.97. The first-order valence-corrected chi connectivity index (χ1v) is 10.5. The molecule has 1 N–H and O–H groups in total. The molecule has 2 rings (SSSR count). The summed E-state index contributed by atoms with van der Waals surface area (Å²) in [6.45, 7) is 4.07. The molecule has 1 amide bonds. The Morgan fingerprint density at radius 3 is 2.66 bits per heavy atom. The van der Waals surface area contributed by atoms with Crippen molar-refractivity contribution in [2.24, 2.45) is 0 Å². The topological polar surface area (TPSA) is 84.2 Å². The third kappa shape index (κ3) is 6.13. The Kier molecular flexibility index (Phi) is 8.81. The summed E-state index contributed by atoms with van der Waals surface area (Å²) in [6.07, 6.45) is 3.57. The first kappa shape index (κ1) is 22.6. The Balaban J connectivity index is 2.22. The molecule has 7 heteroatoms. The van der Waals surface area contributed by atoms with Gasteiger partial charge in [-0.15, -0.1) is 0 Å². The number of unbranched alkanes of at least 4 members (excludes halogenated alkanes) is 1. The number of aromatic nitrogens is 1. The fourth-order valence-corrected chi connectivity index (χ4v) is 3.75. The average molecular weight is 414 g/mol. The minimum atomic E-state index is -0.396. The van der Waals surface area contributed by atoms with Crippen molar-refractivity contribution in [1.82, 2.24) is 4.98 Å². The van der Waals surface area contributed by atoms with Crippen LogP contribution in [-0.4, -0.2) is 30.4 Å². The Hall–Kier alpha value is -2.72. The van der Waals surface area contributed by atoms with Crippen molar-refractivity contribution in [2.75, 3.05) is 19.5 Å². The highest BCUT2D eigenvalue weighted by molar-refractivity contribution is 8.00. The van der Waals surface area contributed by atoms with Crippen molar-refractivity contribution < 1.29 is 14.3 Å². The third-order valence-electron chi connectivity index (χ3n) is 4.41. The lowest BCUT2D eigenvalue weighted by Gasteiger charge is -2.17. The van der Waals surface area contributed by atoms with Gasteiger partial charge in [0, 0.05) is 11.8 Å². The van der Waals surface area contributed by atoms with E-state index in [0.717, 1.165) is 25.0 Å². The van der Waals surface area contributed by atoms with Crippen LogP contribution in [0, 0.1) is 11.3 Å². The molecule has 0 fully saturated rings. The molecule has 0 saturated carbocycles. The predicted molar refractivity (Wildman–Crippen MR) is 116 cm³/mol. The molecule has 29 heavy (non-hydrogen) atoms. The number of thioether (sulfide) groups is 1. The summed E-state index contributed by atoms with van der Waals surface area (Å²) in [6, 6.07) is 11.1. The highest BCUT2D eigenvalue weighted by Crippen LogP contribution is 2.32. The molecule has 1 atom stereocenters. The quantitative estimate of drug-likeness (QED) is 0.562.